The van der Waals surface area contributed by atoms with E-state index in [0.717, 1.165) is 25.6 Å². The molecule has 0 saturated carbocycles. The second kappa shape index (κ2) is 6.53. The summed E-state index contributed by atoms with van der Waals surface area (Å²) < 4.78 is 0. The maximum atomic E-state index is 3.62. The van der Waals surface area contributed by atoms with E-state index in [1.165, 1.54) is 17.5 Å². The van der Waals surface area contributed by atoms with Crippen LogP contribution in [0.3, 0.4) is 0 Å². The number of aryl methyl sites for hydroxylation is 1. The molecule has 106 valence electrons. The van der Waals surface area contributed by atoms with Crippen molar-refractivity contribution in [3.05, 3.63) is 35.4 Å². The summed E-state index contributed by atoms with van der Waals surface area (Å²) >= 11 is 0. The summed E-state index contributed by atoms with van der Waals surface area (Å²) in [6.07, 6.45) is 1.28. The molecule has 2 rings (SSSR count). The van der Waals surface area contributed by atoms with Gasteiger partial charge in [-0.25, -0.2) is 0 Å². The van der Waals surface area contributed by atoms with E-state index in [1.54, 1.807) is 0 Å². The molecule has 1 heterocycles. The number of nitrogens with one attached hydrogen (secondary N) is 1. The molecule has 2 atom stereocenters. The zero-order chi connectivity index (χ0) is 13.8. The van der Waals surface area contributed by atoms with Crippen LogP contribution in [0.15, 0.2) is 24.3 Å². The molecule has 1 aliphatic heterocycles. The van der Waals surface area contributed by atoms with Crippen LogP contribution >= 0.6 is 0 Å². The summed E-state index contributed by atoms with van der Waals surface area (Å²) in [5, 5.41) is 3.62. The number of piperazine rings is 1. The summed E-state index contributed by atoms with van der Waals surface area (Å²) in [6.45, 7) is 12.5. The molecule has 19 heavy (non-hydrogen) atoms. The molecule has 0 aromatic heterocycles. The van der Waals surface area contributed by atoms with E-state index < -0.39 is 0 Å². The van der Waals surface area contributed by atoms with Gasteiger partial charge in [0, 0.05) is 31.7 Å². The van der Waals surface area contributed by atoms with Gasteiger partial charge >= 0.3 is 0 Å². The number of hydrogen-bond donors (Lipinski definition) is 1. The zero-order valence-corrected chi connectivity index (χ0v) is 12.8. The molecule has 0 aliphatic carbocycles. The Morgan fingerprint density at radius 1 is 1.26 bits per heavy atom. The number of rotatable bonds is 4. The van der Waals surface area contributed by atoms with Crippen molar-refractivity contribution >= 4 is 0 Å². The molecule has 0 spiro atoms. The van der Waals surface area contributed by atoms with E-state index in [-0.39, 0.29) is 0 Å². The third-order valence-electron chi connectivity index (χ3n) is 3.98. The Morgan fingerprint density at radius 3 is 2.58 bits per heavy atom. The third-order valence-corrected chi connectivity index (χ3v) is 3.98. The van der Waals surface area contributed by atoms with E-state index in [4.69, 9.17) is 0 Å². The maximum absolute atomic E-state index is 3.62. The fourth-order valence-electron chi connectivity index (χ4n) is 2.93. The quantitative estimate of drug-likeness (QED) is 0.894. The van der Waals surface area contributed by atoms with E-state index in [1.807, 2.05) is 0 Å². The first-order chi connectivity index (χ1) is 9.04. The van der Waals surface area contributed by atoms with Gasteiger partial charge in [0.25, 0.3) is 0 Å². The highest BCUT2D eigenvalue weighted by Gasteiger charge is 2.26. The zero-order valence-electron chi connectivity index (χ0n) is 12.8. The Labute approximate surface area is 118 Å². The van der Waals surface area contributed by atoms with Crippen LogP contribution in [0.4, 0.5) is 0 Å². The predicted molar refractivity (Wildman–Crippen MR) is 82.3 cm³/mol. The van der Waals surface area contributed by atoms with Gasteiger partial charge in [0.05, 0.1) is 0 Å². The Morgan fingerprint density at radius 2 is 1.95 bits per heavy atom. The lowest BCUT2D eigenvalue weighted by Crippen LogP contribution is -2.55. The number of hydrogen-bond acceptors (Lipinski definition) is 2. The standard InChI is InChI=1S/C17H28N2/c1-13(2)9-17-10-18-15(4)11-19(17)12-16-7-5-14(3)6-8-16/h5-8,13,15,17-18H,9-12H2,1-4H3. The third kappa shape index (κ3) is 4.32. The van der Waals surface area contributed by atoms with Gasteiger partial charge in [-0.15, -0.1) is 0 Å². The van der Waals surface area contributed by atoms with Gasteiger partial charge < -0.3 is 5.32 Å². The summed E-state index contributed by atoms with van der Waals surface area (Å²) in [4.78, 5) is 2.66. The molecular formula is C17H28N2. The van der Waals surface area contributed by atoms with Gasteiger partial charge in [-0.05, 0) is 31.7 Å². The molecule has 1 aromatic rings. The van der Waals surface area contributed by atoms with Gasteiger partial charge in [-0.1, -0.05) is 43.7 Å². The van der Waals surface area contributed by atoms with Crippen LogP contribution in [-0.4, -0.2) is 30.1 Å². The summed E-state index contributed by atoms with van der Waals surface area (Å²) in [7, 11) is 0. The highest BCUT2D eigenvalue weighted by atomic mass is 15.2. The fourth-order valence-corrected chi connectivity index (χ4v) is 2.93. The lowest BCUT2D eigenvalue weighted by Gasteiger charge is -2.40. The van der Waals surface area contributed by atoms with Crippen LogP contribution in [0, 0.1) is 12.8 Å². The molecule has 2 nitrogen and oxygen atoms in total. The van der Waals surface area contributed by atoms with Gasteiger partial charge in [0.1, 0.15) is 0 Å². The number of nitrogens with zero attached hydrogens (tertiary/aromatic N) is 1. The average molecular weight is 260 g/mol. The molecule has 1 N–H and O–H groups in total. The van der Waals surface area contributed by atoms with Crippen molar-refractivity contribution < 1.29 is 0 Å². The van der Waals surface area contributed by atoms with Crippen molar-refractivity contribution in [2.24, 2.45) is 5.92 Å². The summed E-state index contributed by atoms with van der Waals surface area (Å²) in [5.41, 5.74) is 2.78. The van der Waals surface area contributed by atoms with Crippen molar-refractivity contribution in [1.82, 2.24) is 10.2 Å². The molecule has 1 saturated heterocycles. The molecule has 1 aliphatic rings. The molecule has 0 amide bonds. The van der Waals surface area contributed by atoms with E-state index in [0.29, 0.717) is 12.1 Å². The van der Waals surface area contributed by atoms with Crippen molar-refractivity contribution in [2.45, 2.75) is 52.7 Å². The molecular weight excluding hydrogens is 232 g/mol. The summed E-state index contributed by atoms with van der Waals surface area (Å²) in [5.74, 6) is 0.765. The van der Waals surface area contributed by atoms with Crippen LogP contribution < -0.4 is 5.32 Å². The van der Waals surface area contributed by atoms with Gasteiger partial charge in [0.15, 0.2) is 0 Å². The smallest absolute Gasteiger partial charge is 0.0237 e. The first-order valence-electron chi connectivity index (χ1n) is 7.57. The number of benzene rings is 1. The van der Waals surface area contributed by atoms with Crippen LogP contribution in [0.1, 0.15) is 38.3 Å². The van der Waals surface area contributed by atoms with Gasteiger partial charge in [0.2, 0.25) is 0 Å². The van der Waals surface area contributed by atoms with Crippen LogP contribution in [0.5, 0.6) is 0 Å². The highest BCUT2D eigenvalue weighted by molar-refractivity contribution is 5.21. The van der Waals surface area contributed by atoms with Crippen LogP contribution in [0.2, 0.25) is 0 Å². The molecule has 2 unspecified atom stereocenters. The monoisotopic (exact) mass is 260 g/mol. The second-order valence-corrected chi connectivity index (χ2v) is 6.51. The molecule has 1 aromatic carbocycles. The van der Waals surface area contributed by atoms with Gasteiger partial charge in [-0.3, -0.25) is 4.90 Å². The Hall–Kier alpha value is -0.860. The highest BCUT2D eigenvalue weighted by Crippen LogP contribution is 2.18. The topological polar surface area (TPSA) is 15.3 Å². The SMILES string of the molecule is Cc1ccc(CN2CC(C)NCC2CC(C)C)cc1. The van der Waals surface area contributed by atoms with E-state index in [9.17, 15) is 0 Å². The molecule has 2 heteroatoms. The lowest BCUT2D eigenvalue weighted by atomic mass is 9.98. The molecule has 0 bridgehead atoms. The van der Waals surface area contributed by atoms with Crippen LogP contribution in [0.25, 0.3) is 0 Å². The van der Waals surface area contributed by atoms with Gasteiger partial charge in [-0.2, -0.15) is 0 Å². The molecule has 0 radical (unpaired) electrons. The van der Waals surface area contributed by atoms with E-state index in [2.05, 4.69) is 62.2 Å². The largest absolute Gasteiger partial charge is 0.311 e. The maximum Gasteiger partial charge on any atom is 0.0237 e. The van der Waals surface area contributed by atoms with Crippen LogP contribution in [-0.2, 0) is 6.54 Å². The average Bonchev–Trinajstić information content (AvgIpc) is 2.35. The van der Waals surface area contributed by atoms with Crippen molar-refractivity contribution in [2.75, 3.05) is 13.1 Å². The van der Waals surface area contributed by atoms with Crippen molar-refractivity contribution in [3.8, 4) is 0 Å². The van der Waals surface area contributed by atoms with Crippen molar-refractivity contribution in [1.29, 1.82) is 0 Å². The van der Waals surface area contributed by atoms with E-state index >= 15 is 0 Å². The molecule has 1 fully saturated rings. The minimum absolute atomic E-state index is 0.605. The minimum atomic E-state index is 0.605. The Bertz CT molecular complexity index is 383. The lowest BCUT2D eigenvalue weighted by molar-refractivity contribution is 0.111. The minimum Gasteiger partial charge on any atom is -0.311 e. The second-order valence-electron chi connectivity index (χ2n) is 6.51. The Kier molecular flexibility index (Phi) is 5.00. The first kappa shape index (κ1) is 14.5. The Balaban J connectivity index is 2.02. The first-order valence-corrected chi connectivity index (χ1v) is 7.57. The fraction of sp³-hybridized carbons (Fsp3) is 0.647. The predicted octanol–water partition coefficient (Wildman–Crippen LogP) is 3.20. The van der Waals surface area contributed by atoms with Crippen molar-refractivity contribution in [3.63, 3.8) is 0 Å². The summed E-state index contributed by atoms with van der Waals surface area (Å²) in [6, 6.07) is 10.3. The normalized spacial score (nSPS) is 24.9.